The Balaban J connectivity index is 1.38. The SMILES string of the molecule is CC(C)c1ccc(C[C@@]2(C)Cc3cc(CCC(=O)N(CC(=O)O)Cc4cccc(F)c4)ccc3O2)cc1. The number of aryl methyl sites for hydroxylation is 1. The summed E-state index contributed by atoms with van der Waals surface area (Å²) in [6.45, 7) is 6.13. The molecule has 1 amide bonds. The molecule has 5 nitrogen and oxygen atoms in total. The van der Waals surface area contributed by atoms with E-state index in [-0.39, 0.29) is 24.5 Å². The number of ether oxygens (including phenoxy) is 1. The zero-order chi connectivity index (χ0) is 26.6. The van der Waals surface area contributed by atoms with Crippen molar-refractivity contribution in [2.24, 2.45) is 0 Å². The van der Waals surface area contributed by atoms with Crippen molar-refractivity contribution in [2.45, 2.75) is 64.5 Å². The smallest absolute Gasteiger partial charge is 0.323 e. The van der Waals surface area contributed by atoms with Gasteiger partial charge in [0.05, 0.1) is 0 Å². The van der Waals surface area contributed by atoms with E-state index < -0.39 is 18.3 Å². The maximum absolute atomic E-state index is 13.6. The van der Waals surface area contributed by atoms with Crippen LogP contribution in [-0.4, -0.2) is 34.0 Å². The van der Waals surface area contributed by atoms with Crippen molar-refractivity contribution in [1.82, 2.24) is 4.90 Å². The zero-order valence-electron chi connectivity index (χ0n) is 21.7. The highest BCUT2D eigenvalue weighted by Gasteiger charge is 2.35. The standard InChI is InChI=1S/C31H34FNO4/c1-21(2)25-11-7-23(8-12-25)17-31(3)18-26-15-22(9-13-28(26)37-31)10-14-29(34)33(20-30(35)36)19-24-5-4-6-27(32)16-24/h4-9,11-13,15-16,21H,10,14,17-20H2,1-3H3,(H,35,36)/t31-/m0/s1. The molecule has 6 heteroatoms. The number of amides is 1. The van der Waals surface area contributed by atoms with Crippen molar-refractivity contribution in [3.63, 3.8) is 0 Å². The fourth-order valence-electron chi connectivity index (χ4n) is 4.94. The molecule has 1 aliphatic heterocycles. The van der Waals surface area contributed by atoms with Gasteiger partial charge in [-0.25, -0.2) is 4.39 Å². The van der Waals surface area contributed by atoms with E-state index in [1.54, 1.807) is 12.1 Å². The van der Waals surface area contributed by atoms with Crippen LogP contribution in [0.1, 0.15) is 60.9 Å². The second-order valence-corrected chi connectivity index (χ2v) is 10.5. The first-order chi connectivity index (χ1) is 17.6. The summed E-state index contributed by atoms with van der Waals surface area (Å²) in [5, 5.41) is 9.27. The number of hydrogen-bond donors (Lipinski definition) is 1. The molecule has 0 spiro atoms. The van der Waals surface area contributed by atoms with Crippen LogP contribution in [0.3, 0.4) is 0 Å². The third-order valence-corrected chi connectivity index (χ3v) is 6.84. The third kappa shape index (κ3) is 6.97. The van der Waals surface area contributed by atoms with Crippen molar-refractivity contribution in [1.29, 1.82) is 0 Å². The maximum atomic E-state index is 13.6. The van der Waals surface area contributed by atoms with Crippen LogP contribution >= 0.6 is 0 Å². The average Bonchev–Trinajstić information content (AvgIpc) is 3.17. The van der Waals surface area contributed by atoms with Crippen LogP contribution in [0, 0.1) is 5.82 Å². The van der Waals surface area contributed by atoms with Gasteiger partial charge in [0.25, 0.3) is 0 Å². The van der Waals surface area contributed by atoms with E-state index in [1.807, 2.05) is 12.1 Å². The fourth-order valence-corrected chi connectivity index (χ4v) is 4.94. The minimum atomic E-state index is -1.10. The van der Waals surface area contributed by atoms with Crippen LogP contribution in [0.15, 0.2) is 66.7 Å². The molecule has 1 atom stereocenters. The Labute approximate surface area is 217 Å². The molecule has 4 rings (SSSR count). The van der Waals surface area contributed by atoms with E-state index >= 15 is 0 Å². The first-order valence-electron chi connectivity index (χ1n) is 12.7. The second kappa shape index (κ2) is 11.2. The van der Waals surface area contributed by atoms with Gasteiger partial charge in [-0.05, 0) is 65.3 Å². The number of carboxylic acids is 1. The number of rotatable bonds is 10. The van der Waals surface area contributed by atoms with E-state index in [0.29, 0.717) is 17.9 Å². The molecule has 0 saturated carbocycles. The molecule has 1 aliphatic rings. The lowest BCUT2D eigenvalue weighted by Gasteiger charge is -2.24. The number of halogens is 1. The molecule has 194 valence electrons. The van der Waals surface area contributed by atoms with Crippen molar-refractivity contribution in [3.8, 4) is 5.75 Å². The molecule has 0 aliphatic carbocycles. The Morgan fingerprint density at radius 3 is 2.43 bits per heavy atom. The summed E-state index contributed by atoms with van der Waals surface area (Å²) in [5.74, 6) is -0.426. The van der Waals surface area contributed by atoms with E-state index in [4.69, 9.17) is 4.74 Å². The first-order valence-corrected chi connectivity index (χ1v) is 12.7. The topological polar surface area (TPSA) is 66.8 Å². The Morgan fingerprint density at radius 2 is 1.76 bits per heavy atom. The van der Waals surface area contributed by atoms with Gasteiger partial charge in [0, 0.05) is 25.8 Å². The van der Waals surface area contributed by atoms with Gasteiger partial charge in [0.1, 0.15) is 23.7 Å². The summed E-state index contributed by atoms with van der Waals surface area (Å²) in [6.07, 6.45) is 2.24. The van der Waals surface area contributed by atoms with Crippen LogP contribution in [0.2, 0.25) is 0 Å². The summed E-state index contributed by atoms with van der Waals surface area (Å²) in [4.78, 5) is 25.5. The number of carbonyl (C=O) groups is 2. The molecule has 0 fully saturated rings. The molecule has 1 N–H and O–H groups in total. The summed E-state index contributed by atoms with van der Waals surface area (Å²) >= 11 is 0. The summed E-state index contributed by atoms with van der Waals surface area (Å²) in [5.41, 5.74) is 4.90. The molecule has 3 aromatic rings. The molecule has 0 aromatic heterocycles. The number of aliphatic carboxylic acids is 1. The maximum Gasteiger partial charge on any atom is 0.323 e. The molecule has 37 heavy (non-hydrogen) atoms. The predicted molar refractivity (Wildman–Crippen MR) is 141 cm³/mol. The Hall–Kier alpha value is -3.67. The van der Waals surface area contributed by atoms with Gasteiger partial charge in [0.15, 0.2) is 0 Å². The largest absolute Gasteiger partial charge is 0.487 e. The monoisotopic (exact) mass is 503 g/mol. The van der Waals surface area contributed by atoms with E-state index in [9.17, 15) is 19.1 Å². The first kappa shape index (κ1) is 26.4. The van der Waals surface area contributed by atoms with Gasteiger partial charge >= 0.3 is 5.97 Å². The molecule has 0 bridgehead atoms. The molecule has 0 saturated heterocycles. The van der Waals surface area contributed by atoms with Crippen molar-refractivity contribution < 1.29 is 23.8 Å². The second-order valence-electron chi connectivity index (χ2n) is 10.5. The average molecular weight is 504 g/mol. The lowest BCUT2D eigenvalue weighted by molar-refractivity contribution is -0.144. The molecule has 0 unspecified atom stereocenters. The molecular formula is C31H34FNO4. The lowest BCUT2D eigenvalue weighted by atomic mass is 9.90. The number of fused-ring (bicyclic) bond motifs is 1. The predicted octanol–water partition coefficient (Wildman–Crippen LogP) is 5.93. The Kier molecular flexibility index (Phi) is 7.96. The molecular weight excluding hydrogens is 469 g/mol. The number of hydrogen-bond acceptors (Lipinski definition) is 3. The van der Waals surface area contributed by atoms with Crippen LogP contribution < -0.4 is 4.74 Å². The van der Waals surface area contributed by atoms with Gasteiger partial charge in [0.2, 0.25) is 5.91 Å². The zero-order valence-corrected chi connectivity index (χ0v) is 21.7. The summed E-state index contributed by atoms with van der Waals surface area (Å²) in [7, 11) is 0. The van der Waals surface area contributed by atoms with Crippen LogP contribution in [0.4, 0.5) is 4.39 Å². The van der Waals surface area contributed by atoms with Gasteiger partial charge in [-0.15, -0.1) is 0 Å². The van der Waals surface area contributed by atoms with E-state index in [0.717, 1.165) is 29.7 Å². The van der Waals surface area contributed by atoms with Gasteiger partial charge < -0.3 is 14.7 Å². The number of nitrogens with zero attached hydrogens (tertiary/aromatic N) is 1. The van der Waals surface area contributed by atoms with Crippen LogP contribution in [0.5, 0.6) is 5.75 Å². The van der Waals surface area contributed by atoms with Crippen LogP contribution in [0.25, 0.3) is 0 Å². The van der Waals surface area contributed by atoms with Crippen molar-refractivity contribution in [2.75, 3.05) is 6.54 Å². The third-order valence-electron chi connectivity index (χ3n) is 6.84. The Morgan fingerprint density at radius 1 is 1.03 bits per heavy atom. The van der Waals surface area contributed by atoms with Crippen molar-refractivity contribution in [3.05, 3.63) is 100 Å². The summed E-state index contributed by atoms with van der Waals surface area (Å²) in [6, 6.07) is 20.6. The normalized spacial score (nSPS) is 16.4. The van der Waals surface area contributed by atoms with Gasteiger partial charge in [-0.3, -0.25) is 9.59 Å². The van der Waals surface area contributed by atoms with E-state index in [2.05, 4.69) is 51.1 Å². The minimum absolute atomic E-state index is 0.0530. The Bertz CT molecular complexity index is 1270. The molecule has 1 heterocycles. The van der Waals surface area contributed by atoms with Crippen molar-refractivity contribution >= 4 is 11.9 Å². The lowest BCUT2D eigenvalue weighted by Crippen LogP contribution is -2.35. The highest BCUT2D eigenvalue weighted by molar-refractivity contribution is 5.81. The molecule has 0 radical (unpaired) electrons. The van der Waals surface area contributed by atoms with Gasteiger partial charge in [-0.1, -0.05) is 62.4 Å². The number of carbonyl (C=O) groups excluding carboxylic acids is 1. The van der Waals surface area contributed by atoms with Crippen LogP contribution in [-0.2, 0) is 35.4 Å². The highest BCUT2D eigenvalue weighted by atomic mass is 19.1. The number of benzene rings is 3. The quantitative estimate of drug-likeness (QED) is 0.372. The highest BCUT2D eigenvalue weighted by Crippen LogP contribution is 2.37. The number of carboxylic acid groups (broad SMARTS) is 1. The van der Waals surface area contributed by atoms with E-state index in [1.165, 1.54) is 28.2 Å². The fraction of sp³-hybridized carbons (Fsp3) is 0.355. The summed E-state index contributed by atoms with van der Waals surface area (Å²) < 4.78 is 19.9. The molecule has 3 aromatic carbocycles. The van der Waals surface area contributed by atoms with Gasteiger partial charge in [-0.2, -0.15) is 0 Å². The minimum Gasteiger partial charge on any atom is -0.487 e.